The molecule has 0 aromatic rings. The number of nitrogens with two attached hydrogens (primary N) is 1. The fourth-order valence-corrected chi connectivity index (χ4v) is 1.35. The van der Waals surface area contributed by atoms with E-state index in [1.807, 2.05) is 0 Å². The Balaban J connectivity index is 3.09. The number of unbranched alkanes of at least 4 members (excludes halogenated alkanes) is 2. The number of hydrogen-bond donors (Lipinski definition) is 2. The smallest absolute Gasteiger partial charge is 0.243 e. The maximum Gasteiger partial charge on any atom is 0.243 e. The van der Waals surface area contributed by atoms with E-state index in [0.717, 1.165) is 19.3 Å². The van der Waals surface area contributed by atoms with E-state index in [-0.39, 0.29) is 5.91 Å². The minimum Gasteiger partial charge on any atom is -0.382 e. The monoisotopic (exact) mass is 292 g/mol. The Labute approximate surface area is 121 Å². The molecule has 0 aliphatic carbocycles. The standard InChI is InChI=1S/C13H28N2O5/c1-17-7-8-18-9-10-19-11-12-20-15-13(16)5-3-2-4-6-14/h2-12,14H2,1H3,(H,15,16). The third-order valence-electron chi connectivity index (χ3n) is 2.43. The quantitative estimate of drug-likeness (QED) is 0.332. The highest BCUT2D eigenvalue weighted by atomic mass is 16.7. The van der Waals surface area contributed by atoms with Crippen LogP contribution in [0.3, 0.4) is 0 Å². The molecule has 0 heterocycles. The van der Waals surface area contributed by atoms with E-state index in [0.29, 0.717) is 52.6 Å². The molecule has 120 valence electrons. The summed E-state index contributed by atoms with van der Waals surface area (Å²) in [5.41, 5.74) is 7.74. The van der Waals surface area contributed by atoms with Crippen molar-refractivity contribution in [1.82, 2.24) is 5.48 Å². The maximum atomic E-state index is 11.3. The van der Waals surface area contributed by atoms with Crippen molar-refractivity contribution in [3.05, 3.63) is 0 Å². The molecule has 7 nitrogen and oxygen atoms in total. The molecular formula is C13H28N2O5. The predicted octanol–water partition coefficient (Wildman–Crippen LogP) is 0.233. The van der Waals surface area contributed by atoms with Gasteiger partial charge in [-0.2, -0.15) is 0 Å². The van der Waals surface area contributed by atoms with Gasteiger partial charge >= 0.3 is 0 Å². The summed E-state index contributed by atoms with van der Waals surface area (Å²) in [7, 11) is 1.63. The van der Waals surface area contributed by atoms with E-state index in [2.05, 4.69) is 5.48 Å². The SMILES string of the molecule is COCCOCCOCCONC(=O)CCCCCN. The summed E-state index contributed by atoms with van der Waals surface area (Å²) in [6.45, 7) is 3.59. The molecule has 0 aliphatic rings. The number of amides is 1. The normalized spacial score (nSPS) is 10.7. The lowest BCUT2D eigenvalue weighted by Gasteiger charge is -2.07. The number of carbonyl (C=O) groups excluding carboxylic acids is 1. The number of rotatable bonds is 15. The van der Waals surface area contributed by atoms with Crippen LogP contribution in [-0.4, -0.2) is 59.2 Å². The van der Waals surface area contributed by atoms with Crippen molar-refractivity contribution in [2.45, 2.75) is 25.7 Å². The lowest BCUT2D eigenvalue weighted by atomic mass is 10.2. The lowest BCUT2D eigenvalue weighted by molar-refractivity contribution is -0.135. The summed E-state index contributed by atoms with van der Waals surface area (Å²) < 4.78 is 15.3. The highest BCUT2D eigenvalue weighted by Gasteiger charge is 2.00. The van der Waals surface area contributed by atoms with Gasteiger partial charge in [-0.3, -0.25) is 9.63 Å². The van der Waals surface area contributed by atoms with Crippen LogP contribution in [-0.2, 0) is 23.8 Å². The Hall–Kier alpha value is -0.730. The first-order chi connectivity index (χ1) is 9.81. The van der Waals surface area contributed by atoms with Gasteiger partial charge in [-0.05, 0) is 19.4 Å². The molecule has 1 amide bonds. The summed E-state index contributed by atoms with van der Waals surface area (Å²) >= 11 is 0. The molecular weight excluding hydrogens is 264 g/mol. The third-order valence-corrected chi connectivity index (χ3v) is 2.43. The van der Waals surface area contributed by atoms with Crippen LogP contribution in [0.2, 0.25) is 0 Å². The second-order valence-electron chi connectivity index (χ2n) is 4.19. The topological polar surface area (TPSA) is 92.0 Å². The molecule has 3 N–H and O–H groups in total. The van der Waals surface area contributed by atoms with Crippen molar-refractivity contribution in [3.63, 3.8) is 0 Å². The Morgan fingerprint density at radius 1 is 0.950 bits per heavy atom. The molecule has 0 unspecified atom stereocenters. The largest absolute Gasteiger partial charge is 0.382 e. The van der Waals surface area contributed by atoms with Gasteiger partial charge in [0, 0.05) is 13.5 Å². The first-order valence-corrected chi connectivity index (χ1v) is 7.06. The van der Waals surface area contributed by atoms with E-state index >= 15 is 0 Å². The predicted molar refractivity (Wildman–Crippen MR) is 75.1 cm³/mol. The van der Waals surface area contributed by atoms with Crippen molar-refractivity contribution in [3.8, 4) is 0 Å². The Bertz CT molecular complexity index is 217. The van der Waals surface area contributed by atoms with Gasteiger partial charge in [-0.25, -0.2) is 5.48 Å². The number of carbonyl (C=O) groups is 1. The molecule has 20 heavy (non-hydrogen) atoms. The molecule has 0 aromatic heterocycles. The number of nitrogens with one attached hydrogen (secondary N) is 1. The third kappa shape index (κ3) is 15.3. The van der Waals surface area contributed by atoms with E-state index in [1.54, 1.807) is 7.11 Å². The maximum absolute atomic E-state index is 11.3. The average Bonchev–Trinajstić information content (AvgIpc) is 2.45. The van der Waals surface area contributed by atoms with Crippen LogP contribution >= 0.6 is 0 Å². The van der Waals surface area contributed by atoms with Crippen LogP contribution in [0.25, 0.3) is 0 Å². The molecule has 0 aliphatic heterocycles. The number of hydroxylamine groups is 1. The second-order valence-corrected chi connectivity index (χ2v) is 4.19. The minimum absolute atomic E-state index is 0.107. The van der Waals surface area contributed by atoms with Crippen LogP contribution in [0.1, 0.15) is 25.7 Å². The fourth-order valence-electron chi connectivity index (χ4n) is 1.35. The second kappa shape index (κ2) is 16.3. The highest BCUT2D eigenvalue weighted by molar-refractivity contribution is 5.74. The molecule has 0 bridgehead atoms. The number of ether oxygens (including phenoxy) is 3. The zero-order valence-electron chi connectivity index (χ0n) is 12.4. The van der Waals surface area contributed by atoms with Gasteiger partial charge in [-0.1, -0.05) is 6.42 Å². The molecule has 7 heteroatoms. The zero-order valence-corrected chi connectivity index (χ0v) is 12.4. The van der Waals surface area contributed by atoms with Gasteiger partial charge in [-0.15, -0.1) is 0 Å². The van der Waals surface area contributed by atoms with Gasteiger partial charge in [0.25, 0.3) is 0 Å². The van der Waals surface area contributed by atoms with Crippen LogP contribution in [0.15, 0.2) is 0 Å². The van der Waals surface area contributed by atoms with E-state index < -0.39 is 0 Å². The van der Waals surface area contributed by atoms with Crippen LogP contribution < -0.4 is 11.2 Å². The van der Waals surface area contributed by atoms with Crippen LogP contribution in [0, 0.1) is 0 Å². The van der Waals surface area contributed by atoms with Gasteiger partial charge in [0.2, 0.25) is 5.91 Å². The van der Waals surface area contributed by atoms with Gasteiger partial charge in [0.1, 0.15) is 0 Å². The van der Waals surface area contributed by atoms with Crippen molar-refractivity contribution >= 4 is 5.91 Å². The zero-order chi connectivity index (χ0) is 14.9. The Morgan fingerprint density at radius 3 is 2.25 bits per heavy atom. The summed E-state index contributed by atoms with van der Waals surface area (Å²) in [4.78, 5) is 16.3. The van der Waals surface area contributed by atoms with Gasteiger partial charge in [0.15, 0.2) is 0 Å². The first-order valence-electron chi connectivity index (χ1n) is 7.06. The molecule has 0 rings (SSSR count). The summed E-state index contributed by atoms with van der Waals surface area (Å²) in [6, 6.07) is 0. The van der Waals surface area contributed by atoms with E-state index in [4.69, 9.17) is 24.8 Å². The molecule has 0 saturated heterocycles. The van der Waals surface area contributed by atoms with Gasteiger partial charge in [0.05, 0.1) is 39.6 Å². The van der Waals surface area contributed by atoms with Crippen molar-refractivity contribution in [2.24, 2.45) is 5.73 Å². The summed E-state index contributed by atoms with van der Waals surface area (Å²) in [5, 5.41) is 0. The summed E-state index contributed by atoms with van der Waals surface area (Å²) in [6.07, 6.45) is 3.22. The Morgan fingerprint density at radius 2 is 1.60 bits per heavy atom. The molecule has 0 fully saturated rings. The Kier molecular flexibility index (Phi) is 15.7. The van der Waals surface area contributed by atoms with Crippen molar-refractivity contribution in [2.75, 3.05) is 53.3 Å². The average molecular weight is 292 g/mol. The summed E-state index contributed by atoms with van der Waals surface area (Å²) in [5.74, 6) is -0.107. The first kappa shape index (κ1) is 19.3. The van der Waals surface area contributed by atoms with E-state index in [9.17, 15) is 4.79 Å². The van der Waals surface area contributed by atoms with Crippen molar-refractivity contribution in [1.29, 1.82) is 0 Å². The molecule has 0 atom stereocenters. The fraction of sp³-hybridized carbons (Fsp3) is 0.923. The minimum atomic E-state index is -0.107. The molecule has 0 radical (unpaired) electrons. The van der Waals surface area contributed by atoms with E-state index in [1.165, 1.54) is 0 Å². The number of hydrogen-bond acceptors (Lipinski definition) is 6. The highest BCUT2D eigenvalue weighted by Crippen LogP contribution is 1.97. The molecule has 0 aromatic carbocycles. The molecule has 0 spiro atoms. The number of methoxy groups -OCH3 is 1. The van der Waals surface area contributed by atoms with Crippen molar-refractivity contribution < 1.29 is 23.8 Å². The lowest BCUT2D eigenvalue weighted by Crippen LogP contribution is -2.25. The molecule has 0 saturated carbocycles. The van der Waals surface area contributed by atoms with Gasteiger partial charge < -0.3 is 19.9 Å². The van der Waals surface area contributed by atoms with Crippen LogP contribution in [0.5, 0.6) is 0 Å². The van der Waals surface area contributed by atoms with Crippen LogP contribution in [0.4, 0.5) is 0 Å².